The fourth-order valence-electron chi connectivity index (χ4n) is 3.57. The second-order valence-electron chi connectivity index (χ2n) is 7.50. The minimum absolute atomic E-state index is 0.0273. The molecule has 0 saturated carbocycles. The zero-order chi connectivity index (χ0) is 22.9. The number of aryl methyl sites for hydroxylation is 1. The number of hydrogen-bond acceptors (Lipinski definition) is 5. The first-order valence-corrected chi connectivity index (χ1v) is 11.5. The van der Waals surface area contributed by atoms with Gasteiger partial charge in [-0.05, 0) is 55.0 Å². The summed E-state index contributed by atoms with van der Waals surface area (Å²) in [5, 5.41) is 0.283. The van der Waals surface area contributed by atoms with E-state index in [9.17, 15) is 13.2 Å². The summed E-state index contributed by atoms with van der Waals surface area (Å²) in [6.07, 6.45) is 1.43. The standard InChI is InChI=1S/C25H23NO5S/c1-17-4-6-18(7-5-17)15-26-16-24(25(27)22-14-20(31-3)10-13-23(22)26)32(28,29)21-11-8-19(30-2)9-12-21/h4-14,16H,15H2,1-3H3. The van der Waals surface area contributed by atoms with Crippen LogP contribution in [-0.4, -0.2) is 27.2 Å². The van der Waals surface area contributed by atoms with Crippen LogP contribution in [0.3, 0.4) is 0 Å². The van der Waals surface area contributed by atoms with Crippen LogP contribution in [0, 0.1) is 6.92 Å². The molecule has 0 atom stereocenters. The number of hydrogen-bond donors (Lipinski definition) is 0. The van der Waals surface area contributed by atoms with Crippen LogP contribution in [0.15, 0.2) is 87.5 Å². The summed E-state index contributed by atoms with van der Waals surface area (Å²) >= 11 is 0. The molecule has 1 aromatic heterocycles. The van der Waals surface area contributed by atoms with Gasteiger partial charge in [-0.2, -0.15) is 0 Å². The highest BCUT2D eigenvalue weighted by atomic mass is 32.2. The Balaban J connectivity index is 1.94. The van der Waals surface area contributed by atoms with Crippen molar-refractivity contribution in [2.75, 3.05) is 14.2 Å². The van der Waals surface area contributed by atoms with E-state index in [1.54, 1.807) is 34.9 Å². The van der Waals surface area contributed by atoms with Gasteiger partial charge in [-0.1, -0.05) is 29.8 Å². The molecule has 0 unspecified atom stereocenters. The minimum atomic E-state index is -4.06. The normalized spacial score (nSPS) is 11.5. The highest BCUT2D eigenvalue weighted by molar-refractivity contribution is 7.91. The minimum Gasteiger partial charge on any atom is -0.497 e. The fraction of sp³-hybridized carbons (Fsp3) is 0.160. The van der Waals surface area contributed by atoms with Crippen LogP contribution in [0.2, 0.25) is 0 Å². The fourth-order valence-corrected chi connectivity index (χ4v) is 4.94. The van der Waals surface area contributed by atoms with Gasteiger partial charge in [-0.3, -0.25) is 4.79 Å². The quantitative estimate of drug-likeness (QED) is 0.441. The highest BCUT2D eigenvalue weighted by Gasteiger charge is 2.24. The maximum Gasteiger partial charge on any atom is 0.211 e. The summed E-state index contributed by atoms with van der Waals surface area (Å²) in [7, 11) is -1.05. The summed E-state index contributed by atoms with van der Waals surface area (Å²) < 4.78 is 39.0. The molecule has 0 aliphatic rings. The van der Waals surface area contributed by atoms with E-state index in [4.69, 9.17) is 9.47 Å². The Morgan fingerprint density at radius 3 is 2.09 bits per heavy atom. The van der Waals surface area contributed by atoms with E-state index < -0.39 is 15.3 Å². The van der Waals surface area contributed by atoms with Gasteiger partial charge in [0.15, 0.2) is 0 Å². The van der Waals surface area contributed by atoms with E-state index in [1.165, 1.54) is 32.5 Å². The SMILES string of the molecule is COc1ccc(S(=O)(=O)c2cn(Cc3ccc(C)cc3)c3ccc(OC)cc3c2=O)cc1. The van der Waals surface area contributed by atoms with Crippen LogP contribution in [0.5, 0.6) is 11.5 Å². The largest absolute Gasteiger partial charge is 0.497 e. The molecular weight excluding hydrogens is 426 g/mol. The van der Waals surface area contributed by atoms with Crippen molar-refractivity contribution in [1.29, 1.82) is 0 Å². The molecule has 4 aromatic rings. The number of ether oxygens (including phenoxy) is 2. The second-order valence-corrected chi connectivity index (χ2v) is 9.42. The first-order valence-electron chi connectivity index (χ1n) is 9.99. The monoisotopic (exact) mass is 449 g/mol. The van der Waals surface area contributed by atoms with Gasteiger partial charge in [0.25, 0.3) is 0 Å². The Kier molecular flexibility index (Phi) is 5.76. The number of aromatic nitrogens is 1. The van der Waals surface area contributed by atoms with Crippen LogP contribution >= 0.6 is 0 Å². The van der Waals surface area contributed by atoms with Gasteiger partial charge in [-0.25, -0.2) is 8.42 Å². The lowest BCUT2D eigenvalue weighted by molar-refractivity contribution is 0.414. The molecule has 4 rings (SSSR count). The molecule has 0 aliphatic carbocycles. The van der Waals surface area contributed by atoms with Crippen LogP contribution in [0.1, 0.15) is 11.1 Å². The van der Waals surface area contributed by atoms with Crippen molar-refractivity contribution in [3.05, 3.63) is 94.3 Å². The molecule has 3 aromatic carbocycles. The molecule has 6 nitrogen and oxygen atoms in total. The second kappa shape index (κ2) is 8.51. The Labute approximate surface area is 186 Å². The third-order valence-corrected chi connectivity index (χ3v) is 7.15. The van der Waals surface area contributed by atoms with Crippen molar-refractivity contribution < 1.29 is 17.9 Å². The number of benzene rings is 3. The van der Waals surface area contributed by atoms with Crippen LogP contribution in [0.25, 0.3) is 10.9 Å². The maximum absolute atomic E-state index is 13.4. The van der Waals surface area contributed by atoms with Crippen molar-refractivity contribution in [3.8, 4) is 11.5 Å². The lowest BCUT2D eigenvalue weighted by Crippen LogP contribution is -2.19. The van der Waals surface area contributed by atoms with Crippen LogP contribution in [-0.2, 0) is 16.4 Å². The molecule has 0 spiro atoms. The topological polar surface area (TPSA) is 74.6 Å². The van der Waals surface area contributed by atoms with Gasteiger partial charge in [0.1, 0.15) is 16.4 Å². The lowest BCUT2D eigenvalue weighted by Gasteiger charge is -2.15. The van der Waals surface area contributed by atoms with Crippen molar-refractivity contribution >= 4 is 20.7 Å². The Bertz CT molecular complexity index is 1440. The Morgan fingerprint density at radius 1 is 0.844 bits per heavy atom. The Hall–Kier alpha value is -3.58. The van der Waals surface area contributed by atoms with E-state index in [0.29, 0.717) is 23.6 Å². The van der Waals surface area contributed by atoms with Crippen molar-refractivity contribution in [1.82, 2.24) is 4.57 Å². The third kappa shape index (κ3) is 3.99. The molecule has 0 bridgehead atoms. The number of fused-ring (bicyclic) bond motifs is 1. The van der Waals surface area contributed by atoms with E-state index >= 15 is 0 Å². The first kappa shape index (κ1) is 21.6. The molecule has 0 N–H and O–H groups in total. The number of nitrogens with zero attached hydrogens (tertiary/aromatic N) is 1. The molecule has 32 heavy (non-hydrogen) atoms. The molecule has 0 fully saturated rings. The van der Waals surface area contributed by atoms with Crippen molar-refractivity contribution in [2.24, 2.45) is 0 Å². The van der Waals surface area contributed by atoms with Crippen LogP contribution < -0.4 is 14.9 Å². The molecule has 0 aliphatic heterocycles. The summed E-state index contributed by atoms with van der Waals surface area (Å²) in [4.78, 5) is 13.1. The third-order valence-electron chi connectivity index (χ3n) is 5.39. The number of sulfone groups is 1. The van der Waals surface area contributed by atoms with E-state index in [2.05, 4.69) is 0 Å². The van der Waals surface area contributed by atoms with E-state index in [-0.39, 0.29) is 15.2 Å². The number of methoxy groups -OCH3 is 2. The Morgan fingerprint density at radius 2 is 1.47 bits per heavy atom. The molecular formula is C25H23NO5S. The van der Waals surface area contributed by atoms with Gasteiger partial charge in [0, 0.05) is 12.7 Å². The van der Waals surface area contributed by atoms with Crippen molar-refractivity contribution in [2.45, 2.75) is 23.3 Å². The molecule has 0 amide bonds. The van der Waals surface area contributed by atoms with E-state index in [0.717, 1.165) is 11.1 Å². The van der Waals surface area contributed by atoms with Gasteiger partial charge in [0.2, 0.25) is 15.3 Å². The average Bonchev–Trinajstić information content (AvgIpc) is 2.81. The molecule has 0 saturated heterocycles. The molecule has 0 radical (unpaired) electrons. The smallest absolute Gasteiger partial charge is 0.211 e. The zero-order valence-electron chi connectivity index (χ0n) is 18.0. The molecule has 7 heteroatoms. The summed E-state index contributed by atoms with van der Waals surface area (Å²) in [6.45, 7) is 2.42. The summed E-state index contributed by atoms with van der Waals surface area (Å²) in [5.41, 5.74) is 2.19. The maximum atomic E-state index is 13.4. The van der Waals surface area contributed by atoms with Gasteiger partial charge in [0.05, 0.1) is 30.0 Å². The van der Waals surface area contributed by atoms with Crippen molar-refractivity contribution in [3.63, 3.8) is 0 Å². The van der Waals surface area contributed by atoms with Gasteiger partial charge in [-0.15, -0.1) is 0 Å². The summed E-state index contributed by atoms with van der Waals surface area (Å²) in [6, 6.07) is 19.1. The van der Waals surface area contributed by atoms with Gasteiger partial charge < -0.3 is 14.0 Å². The van der Waals surface area contributed by atoms with E-state index in [1.807, 2.05) is 31.2 Å². The first-order chi connectivity index (χ1) is 15.3. The number of rotatable bonds is 6. The highest BCUT2D eigenvalue weighted by Crippen LogP contribution is 2.25. The lowest BCUT2D eigenvalue weighted by atomic mass is 10.1. The van der Waals surface area contributed by atoms with Crippen LogP contribution in [0.4, 0.5) is 0 Å². The van der Waals surface area contributed by atoms with Gasteiger partial charge >= 0.3 is 0 Å². The summed E-state index contributed by atoms with van der Waals surface area (Å²) in [5.74, 6) is 1.01. The predicted molar refractivity (Wildman–Crippen MR) is 123 cm³/mol. The predicted octanol–water partition coefficient (Wildman–Crippen LogP) is 4.21. The zero-order valence-corrected chi connectivity index (χ0v) is 18.8. The average molecular weight is 450 g/mol. The number of pyridine rings is 1. The molecule has 164 valence electrons. The molecule has 1 heterocycles.